The van der Waals surface area contributed by atoms with Gasteiger partial charge in [0, 0.05) is 35.2 Å². The summed E-state index contributed by atoms with van der Waals surface area (Å²) in [5.41, 5.74) is 1.86. The molecule has 0 bridgehead atoms. The number of rotatable bonds is 6. The first-order chi connectivity index (χ1) is 10.1. The van der Waals surface area contributed by atoms with Crippen LogP contribution < -0.4 is 10.6 Å². The highest BCUT2D eigenvalue weighted by atomic mass is 35.5. The van der Waals surface area contributed by atoms with Crippen molar-refractivity contribution < 1.29 is 4.79 Å². The molecule has 5 heteroatoms. The third kappa shape index (κ3) is 5.29. The van der Waals surface area contributed by atoms with Crippen LogP contribution in [0.2, 0.25) is 10.0 Å². The average Bonchev–Trinajstić information content (AvgIpc) is 2.48. The summed E-state index contributed by atoms with van der Waals surface area (Å²) in [7, 11) is 0. The number of halogens is 2. The minimum Gasteiger partial charge on any atom is -0.385 e. The maximum Gasteiger partial charge on any atom is 0.222 e. The van der Waals surface area contributed by atoms with Gasteiger partial charge in [0.05, 0.1) is 0 Å². The minimum atomic E-state index is -0.0172. The van der Waals surface area contributed by atoms with E-state index in [9.17, 15) is 4.79 Å². The van der Waals surface area contributed by atoms with Crippen molar-refractivity contribution in [3.8, 4) is 0 Å². The normalized spacial score (nSPS) is 10.2. The molecule has 0 atom stereocenters. The molecule has 0 aromatic heterocycles. The van der Waals surface area contributed by atoms with Crippen molar-refractivity contribution in [2.24, 2.45) is 0 Å². The van der Waals surface area contributed by atoms with Crippen LogP contribution in [0.25, 0.3) is 0 Å². The van der Waals surface area contributed by atoms with E-state index in [0.717, 1.165) is 11.3 Å². The maximum absolute atomic E-state index is 11.8. The van der Waals surface area contributed by atoms with Gasteiger partial charge in [0.2, 0.25) is 5.91 Å². The molecule has 0 saturated carbocycles. The fourth-order valence-electron chi connectivity index (χ4n) is 1.81. The molecule has 21 heavy (non-hydrogen) atoms. The minimum absolute atomic E-state index is 0.0172. The first-order valence-electron chi connectivity index (χ1n) is 6.65. The summed E-state index contributed by atoms with van der Waals surface area (Å²) < 4.78 is 0. The van der Waals surface area contributed by atoms with E-state index in [0.29, 0.717) is 29.6 Å². The van der Waals surface area contributed by atoms with Crippen molar-refractivity contribution >= 4 is 34.8 Å². The third-order valence-corrected chi connectivity index (χ3v) is 3.58. The Morgan fingerprint density at radius 3 is 2.43 bits per heavy atom. The molecule has 2 rings (SSSR count). The fourth-order valence-corrected chi connectivity index (χ4v) is 2.14. The lowest BCUT2D eigenvalue weighted by Gasteiger charge is -2.08. The summed E-state index contributed by atoms with van der Waals surface area (Å²) in [5.74, 6) is -0.0172. The molecule has 110 valence electrons. The van der Waals surface area contributed by atoms with Crippen molar-refractivity contribution in [2.45, 2.75) is 13.0 Å². The largest absolute Gasteiger partial charge is 0.385 e. The van der Waals surface area contributed by atoms with Gasteiger partial charge in [0.15, 0.2) is 0 Å². The van der Waals surface area contributed by atoms with Crippen LogP contribution in [0.5, 0.6) is 0 Å². The molecule has 3 nitrogen and oxygen atoms in total. The lowest BCUT2D eigenvalue weighted by molar-refractivity contribution is -0.121. The van der Waals surface area contributed by atoms with Crippen LogP contribution in [-0.4, -0.2) is 12.5 Å². The maximum atomic E-state index is 11.8. The van der Waals surface area contributed by atoms with Gasteiger partial charge in [-0.05, 0) is 35.9 Å². The van der Waals surface area contributed by atoms with E-state index < -0.39 is 0 Å². The van der Waals surface area contributed by atoms with E-state index in [1.165, 1.54) is 0 Å². The average molecular weight is 323 g/mol. The quantitative estimate of drug-likeness (QED) is 0.840. The Bertz CT molecular complexity index is 599. The second-order valence-electron chi connectivity index (χ2n) is 4.55. The molecule has 0 radical (unpaired) electrons. The predicted octanol–water partition coefficient (Wildman–Crippen LogP) is 4.11. The van der Waals surface area contributed by atoms with E-state index in [1.807, 2.05) is 36.4 Å². The lowest BCUT2D eigenvalue weighted by atomic mass is 10.2. The van der Waals surface area contributed by atoms with Crippen LogP contribution in [0, 0.1) is 0 Å². The predicted molar refractivity (Wildman–Crippen MR) is 87.9 cm³/mol. The molecule has 0 heterocycles. The lowest BCUT2D eigenvalue weighted by Crippen LogP contribution is -2.25. The van der Waals surface area contributed by atoms with Gasteiger partial charge in [-0.2, -0.15) is 0 Å². The molecular weight excluding hydrogens is 307 g/mol. The van der Waals surface area contributed by atoms with E-state index in [4.69, 9.17) is 23.2 Å². The molecule has 0 spiro atoms. The summed E-state index contributed by atoms with van der Waals surface area (Å²) in [6, 6.07) is 14.8. The van der Waals surface area contributed by atoms with Crippen molar-refractivity contribution in [1.29, 1.82) is 0 Å². The molecule has 2 aromatic carbocycles. The summed E-state index contributed by atoms with van der Waals surface area (Å²) in [6.45, 7) is 1.01. The molecule has 0 aliphatic heterocycles. The molecule has 0 aliphatic carbocycles. The van der Waals surface area contributed by atoms with Crippen LogP contribution >= 0.6 is 23.2 Å². The molecular formula is C16H16Cl2N2O. The first-order valence-corrected chi connectivity index (χ1v) is 7.40. The van der Waals surface area contributed by atoms with Gasteiger partial charge in [-0.1, -0.05) is 41.4 Å². The number of carbonyl (C=O) groups is 1. The molecule has 0 unspecified atom stereocenters. The van der Waals surface area contributed by atoms with Gasteiger partial charge in [-0.15, -0.1) is 0 Å². The Hall–Kier alpha value is -1.71. The van der Waals surface area contributed by atoms with Crippen LogP contribution in [0.1, 0.15) is 12.0 Å². The van der Waals surface area contributed by atoms with Crippen LogP contribution in [0.15, 0.2) is 48.5 Å². The molecule has 2 aromatic rings. The Morgan fingerprint density at radius 2 is 1.71 bits per heavy atom. The van der Waals surface area contributed by atoms with E-state index in [2.05, 4.69) is 10.6 Å². The van der Waals surface area contributed by atoms with Gasteiger partial charge in [0.25, 0.3) is 0 Å². The zero-order valence-electron chi connectivity index (χ0n) is 11.4. The molecule has 1 amide bonds. The summed E-state index contributed by atoms with van der Waals surface area (Å²) in [4.78, 5) is 11.8. The topological polar surface area (TPSA) is 41.1 Å². The number of amides is 1. The molecule has 0 aliphatic rings. The van der Waals surface area contributed by atoms with Gasteiger partial charge >= 0.3 is 0 Å². The summed E-state index contributed by atoms with van der Waals surface area (Å²) in [6.07, 6.45) is 0.396. The number of hydrogen-bond donors (Lipinski definition) is 2. The SMILES string of the molecule is O=C(CCNc1ccc(Cl)cc1)NCc1ccccc1Cl. The second-order valence-corrected chi connectivity index (χ2v) is 5.40. The van der Waals surface area contributed by atoms with E-state index in [1.54, 1.807) is 12.1 Å². The number of benzene rings is 2. The highest BCUT2D eigenvalue weighted by molar-refractivity contribution is 6.31. The number of carbonyl (C=O) groups excluding carboxylic acids is 1. The van der Waals surface area contributed by atoms with Crippen molar-refractivity contribution in [2.75, 3.05) is 11.9 Å². The zero-order chi connectivity index (χ0) is 15.1. The zero-order valence-corrected chi connectivity index (χ0v) is 12.9. The van der Waals surface area contributed by atoms with Crippen LogP contribution in [0.3, 0.4) is 0 Å². The fraction of sp³-hybridized carbons (Fsp3) is 0.188. The first kappa shape index (κ1) is 15.7. The van der Waals surface area contributed by atoms with Gasteiger partial charge < -0.3 is 10.6 Å². The molecule has 0 fully saturated rings. The van der Waals surface area contributed by atoms with Gasteiger partial charge in [0.1, 0.15) is 0 Å². The van der Waals surface area contributed by atoms with Crippen molar-refractivity contribution in [3.63, 3.8) is 0 Å². The molecule has 2 N–H and O–H groups in total. The standard InChI is InChI=1S/C16H16Cl2N2O/c17-13-5-7-14(8-6-13)19-10-9-16(21)20-11-12-3-1-2-4-15(12)18/h1-8,19H,9-11H2,(H,20,21). The number of nitrogens with one attached hydrogen (secondary N) is 2. The third-order valence-electron chi connectivity index (χ3n) is 2.96. The monoisotopic (exact) mass is 322 g/mol. The van der Waals surface area contributed by atoms with Crippen LogP contribution in [-0.2, 0) is 11.3 Å². The van der Waals surface area contributed by atoms with Crippen molar-refractivity contribution in [1.82, 2.24) is 5.32 Å². The Kier molecular flexibility index (Phi) is 5.90. The van der Waals surface area contributed by atoms with Gasteiger partial charge in [-0.25, -0.2) is 0 Å². The highest BCUT2D eigenvalue weighted by Gasteiger charge is 2.03. The Morgan fingerprint density at radius 1 is 1.00 bits per heavy atom. The second kappa shape index (κ2) is 7.91. The Labute approximate surface area is 134 Å². The highest BCUT2D eigenvalue weighted by Crippen LogP contribution is 2.14. The molecule has 0 saturated heterocycles. The van der Waals surface area contributed by atoms with E-state index in [-0.39, 0.29) is 5.91 Å². The van der Waals surface area contributed by atoms with Crippen molar-refractivity contribution in [3.05, 3.63) is 64.1 Å². The summed E-state index contributed by atoms with van der Waals surface area (Å²) >= 11 is 11.8. The van der Waals surface area contributed by atoms with E-state index >= 15 is 0 Å². The number of hydrogen-bond acceptors (Lipinski definition) is 2. The number of anilines is 1. The Balaban J connectivity index is 1.70. The van der Waals surface area contributed by atoms with Crippen LogP contribution in [0.4, 0.5) is 5.69 Å². The summed E-state index contributed by atoms with van der Waals surface area (Å²) in [5, 5.41) is 7.37. The smallest absolute Gasteiger partial charge is 0.222 e. The van der Waals surface area contributed by atoms with Gasteiger partial charge in [-0.3, -0.25) is 4.79 Å².